The minimum Gasteiger partial charge on any atom is -0.508 e. The molecule has 1 atom stereocenters. The standard InChI is InChI=1S/C18H27NO2/c1-4-5-6-9-16(14-19(2)3)18(21)12-11-15-8-7-10-17(20)13-15/h7-8,10-13,16,20H,4-6,9,14H2,1-3H3. The lowest BCUT2D eigenvalue weighted by Gasteiger charge is -2.18. The molecular formula is C18H27NO2. The average Bonchev–Trinajstić information content (AvgIpc) is 2.43. The van der Waals surface area contributed by atoms with Crippen LogP contribution in [0.5, 0.6) is 5.75 Å². The van der Waals surface area contributed by atoms with Gasteiger partial charge in [-0.15, -0.1) is 0 Å². The van der Waals surface area contributed by atoms with E-state index in [1.54, 1.807) is 30.4 Å². The van der Waals surface area contributed by atoms with Crippen molar-refractivity contribution >= 4 is 11.9 Å². The maximum absolute atomic E-state index is 12.4. The molecule has 0 fully saturated rings. The molecule has 0 bridgehead atoms. The first-order valence-corrected chi connectivity index (χ1v) is 7.68. The van der Waals surface area contributed by atoms with E-state index in [1.807, 2.05) is 20.2 Å². The number of hydrogen-bond acceptors (Lipinski definition) is 3. The van der Waals surface area contributed by atoms with Gasteiger partial charge in [0.05, 0.1) is 0 Å². The number of hydrogen-bond donors (Lipinski definition) is 1. The molecule has 0 heterocycles. The van der Waals surface area contributed by atoms with E-state index in [0.717, 1.165) is 24.9 Å². The highest BCUT2D eigenvalue weighted by Crippen LogP contribution is 2.15. The lowest BCUT2D eigenvalue weighted by Crippen LogP contribution is -2.27. The molecule has 0 saturated heterocycles. The van der Waals surface area contributed by atoms with Gasteiger partial charge in [0.25, 0.3) is 0 Å². The van der Waals surface area contributed by atoms with Crippen LogP contribution in [0.3, 0.4) is 0 Å². The molecule has 0 radical (unpaired) electrons. The molecule has 1 unspecified atom stereocenters. The van der Waals surface area contributed by atoms with Gasteiger partial charge in [-0.1, -0.05) is 44.4 Å². The fraction of sp³-hybridized carbons (Fsp3) is 0.500. The summed E-state index contributed by atoms with van der Waals surface area (Å²) in [5, 5.41) is 9.42. The zero-order valence-electron chi connectivity index (χ0n) is 13.4. The van der Waals surface area contributed by atoms with Gasteiger partial charge in [0.2, 0.25) is 0 Å². The molecule has 1 N–H and O–H groups in total. The van der Waals surface area contributed by atoms with Crippen LogP contribution in [0.15, 0.2) is 30.3 Å². The van der Waals surface area contributed by atoms with Crippen molar-refractivity contribution in [1.82, 2.24) is 4.90 Å². The van der Waals surface area contributed by atoms with E-state index >= 15 is 0 Å². The van der Waals surface area contributed by atoms with Crippen LogP contribution in [0.2, 0.25) is 0 Å². The Bertz CT molecular complexity index is 466. The normalized spacial score (nSPS) is 13.0. The molecule has 0 aromatic heterocycles. The molecule has 3 nitrogen and oxygen atoms in total. The lowest BCUT2D eigenvalue weighted by molar-refractivity contribution is -0.118. The number of allylic oxidation sites excluding steroid dienone is 1. The van der Waals surface area contributed by atoms with Crippen molar-refractivity contribution in [2.45, 2.75) is 32.6 Å². The summed E-state index contributed by atoms with van der Waals surface area (Å²) in [6, 6.07) is 6.93. The summed E-state index contributed by atoms with van der Waals surface area (Å²) in [7, 11) is 4.00. The molecule has 0 saturated carbocycles. The van der Waals surface area contributed by atoms with Crippen LogP contribution in [0.1, 0.15) is 38.2 Å². The van der Waals surface area contributed by atoms with Crippen LogP contribution >= 0.6 is 0 Å². The first-order valence-electron chi connectivity index (χ1n) is 7.68. The molecule has 0 aliphatic carbocycles. The summed E-state index contributed by atoms with van der Waals surface area (Å²) in [6.07, 6.45) is 7.81. The van der Waals surface area contributed by atoms with Gasteiger partial charge in [-0.3, -0.25) is 4.79 Å². The fourth-order valence-electron chi connectivity index (χ4n) is 2.35. The molecule has 0 amide bonds. The Labute approximate surface area is 128 Å². The van der Waals surface area contributed by atoms with Gasteiger partial charge in [0.15, 0.2) is 5.78 Å². The van der Waals surface area contributed by atoms with Crippen LogP contribution in [-0.2, 0) is 4.79 Å². The third-order valence-electron chi connectivity index (χ3n) is 3.45. The fourth-order valence-corrected chi connectivity index (χ4v) is 2.35. The third-order valence-corrected chi connectivity index (χ3v) is 3.45. The molecule has 0 aliphatic rings. The number of phenols is 1. The van der Waals surface area contributed by atoms with Crippen LogP contribution in [-0.4, -0.2) is 36.4 Å². The Hall–Kier alpha value is -1.61. The molecule has 1 aromatic carbocycles. The van der Waals surface area contributed by atoms with Gasteiger partial charge < -0.3 is 10.0 Å². The number of benzene rings is 1. The molecule has 3 heteroatoms. The Morgan fingerprint density at radius 2 is 2.10 bits per heavy atom. The molecule has 116 valence electrons. The highest BCUT2D eigenvalue weighted by molar-refractivity contribution is 5.95. The smallest absolute Gasteiger partial charge is 0.160 e. The summed E-state index contributed by atoms with van der Waals surface area (Å²) in [6.45, 7) is 2.96. The summed E-state index contributed by atoms with van der Waals surface area (Å²) in [5.74, 6) is 0.445. The van der Waals surface area contributed by atoms with Crippen molar-refractivity contribution in [1.29, 1.82) is 0 Å². The SMILES string of the molecule is CCCCCC(CN(C)C)C(=O)C=Cc1cccc(O)c1. The number of rotatable bonds is 9. The van der Waals surface area contributed by atoms with E-state index in [0.29, 0.717) is 0 Å². The molecule has 1 aromatic rings. The van der Waals surface area contributed by atoms with Crippen LogP contribution in [0, 0.1) is 5.92 Å². The van der Waals surface area contributed by atoms with Crippen molar-refractivity contribution in [2.24, 2.45) is 5.92 Å². The number of carbonyl (C=O) groups is 1. The summed E-state index contributed by atoms with van der Waals surface area (Å²) < 4.78 is 0. The van der Waals surface area contributed by atoms with Crippen molar-refractivity contribution in [3.8, 4) is 5.75 Å². The van der Waals surface area contributed by atoms with E-state index in [-0.39, 0.29) is 17.5 Å². The molecule has 0 spiro atoms. The van der Waals surface area contributed by atoms with E-state index in [9.17, 15) is 9.90 Å². The summed E-state index contributed by atoms with van der Waals surface area (Å²) >= 11 is 0. The summed E-state index contributed by atoms with van der Waals surface area (Å²) in [5.41, 5.74) is 0.848. The third kappa shape index (κ3) is 7.09. The highest BCUT2D eigenvalue weighted by atomic mass is 16.3. The number of phenolic OH excluding ortho intramolecular Hbond substituents is 1. The maximum Gasteiger partial charge on any atom is 0.160 e. The Kier molecular flexibility index (Phi) is 7.76. The van der Waals surface area contributed by atoms with Gasteiger partial charge in [0, 0.05) is 12.5 Å². The first kappa shape index (κ1) is 17.4. The van der Waals surface area contributed by atoms with Crippen LogP contribution in [0.25, 0.3) is 6.08 Å². The van der Waals surface area contributed by atoms with E-state index < -0.39 is 0 Å². The van der Waals surface area contributed by atoms with Gasteiger partial charge in [-0.05, 0) is 44.3 Å². The van der Waals surface area contributed by atoms with E-state index in [1.165, 1.54) is 12.8 Å². The van der Waals surface area contributed by atoms with Crippen molar-refractivity contribution in [3.05, 3.63) is 35.9 Å². The van der Waals surface area contributed by atoms with Crippen molar-refractivity contribution in [2.75, 3.05) is 20.6 Å². The number of nitrogens with zero attached hydrogens (tertiary/aromatic N) is 1. The van der Waals surface area contributed by atoms with Crippen LogP contribution in [0.4, 0.5) is 0 Å². The number of aromatic hydroxyl groups is 1. The second kappa shape index (κ2) is 9.35. The molecule has 0 aliphatic heterocycles. The molecular weight excluding hydrogens is 262 g/mol. The van der Waals surface area contributed by atoms with Gasteiger partial charge in [-0.25, -0.2) is 0 Å². The number of unbranched alkanes of at least 4 members (excludes halogenated alkanes) is 2. The lowest BCUT2D eigenvalue weighted by atomic mass is 9.95. The first-order chi connectivity index (χ1) is 10.0. The predicted molar refractivity (Wildman–Crippen MR) is 88.3 cm³/mol. The average molecular weight is 289 g/mol. The number of ketones is 1. The van der Waals surface area contributed by atoms with E-state index in [2.05, 4.69) is 11.8 Å². The predicted octanol–water partition coefficient (Wildman–Crippen LogP) is 3.73. The zero-order chi connectivity index (χ0) is 15.7. The van der Waals surface area contributed by atoms with Crippen molar-refractivity contribution in [3.63, 3.8) is 0 Å². The molecule has 21 heavy (non-hydrogen) atoms. The number of carbonyl (C=O) groups excluding carboxylic acids is 1. The van der Waals surface area contributed by atoms with Gasteiger partial charge in [-0.2, -0.15) is 0 Å². The topological polar surface area (TPSA) is 40.5 Å². The summed E-state index contributed by atoms with van der Waals surface area (Å²) in [4.78, 5) is 14.4. The second-order valence-electron chi connectivity index (χ2n) is 5.79. The van der Waals surface area contributed by atoms with Gasteiger partial charge >= 0.3 is 0 Å². The quantitative estimate of drug-likeness (QED) is 0.556. The Morgan fingerprint density at radius 1 is 1.33 bits per heavy atom. The van der Waals surface area contributed by atoms with Gasteiger partial charge in [0.1, 0.15) is 5.75 Å². The largest absolute Gasteiger partial charge is 0.508 e. The van der Waals surface area contributed by atoms with Crippen LogP contribution < -0.4 is 0 Å². The highest BCUT2D eigenvalue weighted by Gasteiger charge is 2.16. The Balaban J connectivity index is 2.66. The monoisotopic (exact) mass is 289 g/mol. The second-order valence-corrected chi connectivity index (χ2v) is 5.79. The van der Waals surface area contributed by atoms with Crippen molar-refractivity contribution < 1.29 is 9.90 Å². The Morgan fingerprint density at radius 3 is 2.71 bits per heavy atom. The molecule has 1 rings (SSSR count). The minimum absolute atomic E-state index is 0.0557. The van der Waals surface area contributed by atoms with E-state index in [4.69, 9.17) is 0 Å². The maximum atomic E-state index is 12.4. The zero-order valence-corrected chi connectivity index (χ0v) is 13.4. The minimum atomic E-state index is 0.0557.